The predicted octanol–water partition coefficient (Wildman–Crippen LogP) is 6.57. The van der Waals surface area contributed by atoms with Gasteiger partial charge in [0.15, 0.2) is 5.58 Å². The molecule has 8 nitrogen and oxygen atoms in total. The van der Waals surface area contributed by atoms with Gasteiger partial charge in [0.25, 0.3) is 20.0 Å². The van der Waals surface area contributed by atoms with Crippen molar-refractivity contribution < 1.29 is 21.3 Å². The Hall–Kier alpha value is -2.90. The van der Waals surface area contributed by atoms with Crippen molar-refractivity contribution in [2.45, 2.75) is 9.10 Å². The summed E-state index contributed by atoms with van der Waals surface area (Å²) in [6.07, 6.45) is 0. The molecule has 0 aliphatic carbocycles. The van der Waals surface area contributed by atoms with E-state index in [4.69, 9.17) is 16.0 Å². The zero-order chi connectivity index (χ0) is 25.5. The van der Waals surface area contributed by atoms with E-state index in [0.29, 0.717) is 38.3 Å². The first-order valence-electron chi connectivity index (χ1n) is 10.2. The first-order valence-corrected chi connectivity index (χ1v) is 15.1. The lowest BCUT2D eigenvalue weighted by Crippen LogP contribution is -2.12. The number of nitrogens with zero attached hydrogens (tertiary/aromatic N) is 1. The summed E-state index contributed by atoms with van der Waals surface area (Å²) in [5.41, 5.74) is 2.24. The largest absolute Gasteiger partial charge is 0.436 e. The number of nitrogens with one attached hydrogen (secondary N) is 2. The van der Waals surface area contributed by atoms with Crippen LogP contribution in [0.3, 0.4) is 0 Å². The Bertz CT molecular complexity index is 1780. The molecular weight excluding hydrogens is 610 g/mol. The number of sulfonamides is 2. The van der Waals surface area contributed by atoms with Crippen LogP contribution in [0.15, 0.2) is 96.9 Å². The van der Waals surface area contributed by atoms with Crippen molar-refractivity contribution in [3.63, 3.8) is 0 Å². The van der Waals surface area contributed by atoms with Gasteiger partial charge in [-0.3, -0.25) is 9.44 Å². The summed E-state index contributed by atoms with van der Waals surface area (Å²) in [6.45, 7) is 0. The van der Waals surface area contributed by atoms with Crippen molar-refractivity contribution in [2.24, 2.45) is 0 Å². The number of hydrogen-bond acceptors (Lipinski definition) is 7. The molecule has 3 aromatic carbocycles. The number of halogens is 2. The molecule has 5 rings (SSSR count). The fourth-order valence-electron chi connectivity index (χ4n) is 3.27. The third-order valence-electron chi connectivity index (χ3n) is 4.96. The van der Waals surface area contributed by atoms with Crippen LogP contribution in [0.25, 0.3) is 22.6 Å². The summed E-state index contributed by atoms with van der Waals surface area (Å²) >= 11 is 10.1. The number of fused-ring (bicyclic) bond motifs is 1. The topological polar surface area (TPSA) is 118 Å². The van der Waals surface area contributed by atoms with Gasteiger partial charge in [-0.25, -0.2) is 21.8 Å². The van der Waals surface area contributed by atoms with Crippen LogP contribution in [0, 0.1) is 0 Å². The molecule has 0 spiro atoms. The normalized spacial score (nSPS) is 12.1. The van der Waals surface area contributed by atoms with Crippen LogP contribution in [0.2, 0.25) is 4.34 Å². The maximum absolute atomic E-state index is 12.7. The molecular formula is C23H15BrClN3O5S3. The molecule has 0 saturated heterocycles. The Morgan fingerprint density at radius 3 is 2.14 bits per heavy atom. The quantitative estimate of drug-likeness (QED) is 0.211. The monoisotopic (exact) mass is 623 g/mol. The molecule has 5 aromatic rings. The second-order valence-electron chi connectivity index (χ2n) is 7.50. The highest BCUT2D eigenvalue weighted by molar-refractivity contribution is 9.10. The van der Waals surface area contributed by atoms with Gasteiger partial charge in [-0.1, -0.05) is 27.5 Å². The second-order valence-corrected chi connectivity index (χ2v) is 13.7. The number of rotatable bonds is 7. The van der Waals surface area contributed by atoms with E-state index in [0.717, 1.165) is 15.8 Å². The van der Waals surface area contributed by atoms with E-state index in [1.807, 2.05) is 0 Å². The van der Waals surface area contributed by atoms with Crippen molar-refractivity contribution in [3.8, 4) is 11.5 Å². The molecule has 0 amide bonds. The lowest BCUT2D eigenvalue weighted by Gasteiger charge is -2.07. The molecule has 0 unspecified atom stereocenters. The average Bonchev–Trinajstić information content (AvgIpc) is 3.46. The highest BCUT2D eigenvalue weighted by Crippen LogP contribution is 2.30. The van der Waals surface area contributed by atoms with Crippen molar-refractivity contribution in [1.29, 1.82) is 0 Å². The first kappa shape index (κ1) is 24.8. The van der Waals surface area contributed by atoms with Gasteiger partial charge in [0.1, 0.15) is 9.73 Å². The minimum atomic E-state index is -3.77. The number of benzene rings is 3. The lowest BCUT2D eigenvalue weighted by molar-refractivity contribution is 0.600. The van der Waals surface area contributed by atoms with Crippen molar-refractivity contribution >= 4 is 81.4 Å². The maximum atomic E-state index is 12.7. The molecule has 2 aromatic heterocycles. The zero-order valence-corrected chi connectivity index (χ0v) is 22.8. The minimum absolute atomic E-state index is 0.113. The third kappa shape index (κ3) is 5.27. The predicted molar refractivity (Wildman–Crippen MR) is 145 cm³/mol. The molecule has 0 saturated carbocycles. The molecule has 36 heavy (non-hydrogen) atoms. The molecule has 0 radical (unpaired) electrons. The molecule has 0 fully saturated rings. The number of anilines is 2. The van der Waals surface area contributed by atoms with Crippen LogP contribution in [-0.2, 0) is 20.0 Å². The zero-order valence-electron chi connectivity index (χ0n) is 18.0. The molecule has 13 heteroatoms. The summed E-state index contributed by atoms with van der Waals surface area (Å²) in [5.74, 6) is 0.303. The van der Waals surface area contributed by atoms with E-state index in [2.05, 4.69) is 30.4 Å². The molecule has 0 atom stereocenters. The van der Waals surface area contributed by atoms with E-state index >= 15 is 0 Å². The molecule has 0 aliphatic rings. The van der Waals surface area contributed by atoms with E-state index < -0.39 is 20.0 Å². The van der Waals surface area contributed by atoms with Gasteiger partial charge < -0.3 is 4.42 Å². The summed E-state index contributed by atoms with van der Waals surface area (Å²) in [5, 5.41) is 0. The summed E-state index contributed by atoms with van der Waals surface area (Å²) in [4.78, 5) is 4.58. The highest BCUT2D eigenvalue weighted by Gasteiger charge is 2.18. The second kappa shape index (κ2) is 9.52. The van der Waals surface area contributed by atoms with E-state index in [9.17, 15) is 16.8 Å². The van der Waals surface area contributed by atoms with Crippen LogP contribution in [0.1, 0.15) is 0 Å². The van der Waals surface area contributed by atoms with Gasteiger partial charge in [0.2, 0.25) is 5.89 Å². The van der Waals surface area contributed by atoms with Gasteiger partial charge in [0, 0.05) is 15.7 Å². The number of aromatic nitrogens is 1. The molecule has 2 heterocycles. The van der Waals surface area contributed by atoms with Crippen molar-refractivity contribution in [3.05, 3.63) is 87.7 Å². The Balaban J connectivity index is 1.35. The standard InChI is InChI=1S/C23H15BrClN3O5S3/c24-15-3-8-18(9-4-15)35(29,30)28-17-7-10-20-19(13-17)26-23(33-20)14-1-5-16(6-2-14)27-36(31,32)22-12-11-21(25)34-22/h1-13,27-28H. The van der Waals surface area contributed by atoms with Crippen LogP contribution < -0.4 is 9.44 Å². The van der Waals surface area contributed by atoms with Gasteiger partial charge >= 0.3 is 0 Å². The Kier molecular flexibility index (Phi) is 6.55. The fraction of sp³-hybridized carbons (Fsp3) is 0. The van der Waals surface area contributed by atoms with E-state index in [-0.39, 0.29) is 9.10 Å². The van der Waals surface area contributed by atoms with Gasteiger partial charge in [-0.05, 0) is 78.9 Å². The highest BCUT2D eigenvalue weighted by atomic mass is 79.9. The number of thiophene rings is 1. The van der Waals surface area contributed by atoms with Gasteiger partial charge in [0.05, 0.1) is 14.9 Å². The first-order chi connectivity index (χ1) is 17.1. The average molecular weight is 625 g/mol. The molecule has 0 bridgehead atoms. The van der Waals surface area contributed by atoms with E-state index in [1.54, 1.807) is 54.6 Å². The van der Waals surface area contributed by atoms with E-state index in [1.165, 1.54) is 24.3 Å². The summed E-state index contributed by atoms with van der Waals surface area (Å²) in [6, 6.07) is 20.6. The third-order valence-corrected chi connectivity index (χ3v) is 9.99. The van der Waals surface area contributed by atoms with Crippen LogP contribution in [0.4, 0.5) is 11.4 Å². The number of oxazole rings is 1. The maximum Gasteiger partial charge on any atom is 0.271 e. The number of hydrogen-bond donors (Lipinski definition) is 2. The summed E-state index contributed by atoms with van der Waals surface area (Å²) < 4.78 is 62.4. The van der Waals surface area contributed by atoms with Crippen molar-refractivity contribution in [2.75, 3.05) is 9.44 Å². The summed E-state index contributed by atoms with van der Waals surface area (Å²) in [7, 11) is -7.52. The van der Waals surface area contributed by atoms with Gasteiger partial charge in [-0.15, -0.1) is 11.3 Å². The molecule has 2 N–H and O–H groups in total. The molecule has 0 aliphatic heterocycles. The minimum Gasteiger partial charge on any atom is -0.436 e. The lowest BCUT2D eigenvalue weighted by atomic mass is 10.2. The van der Waals surface area contributed by atoms with Crippen LogP contribution in [0.5, 0.6) is 0 Å². The Morgan fingerprint density at radius 2 is 1.47 bits per heavy atom. The SMILES string of the molecule is O=S(=O)(Nc1ccc2oc(-c3ccc(NS(=O)(=O)c4ccc(Cl)s4)cc3)nc2c1)c1ccc(Br)cc1. The Morgan fingerprint density at radius 1 is 0.806 bits per heavy atom. The molecule has 184 valence electrons. The smallest absolute Gasteiger partial charge is 0.271 e. The van der Waals surface area contributed by atoms with Crippen LogP contribution >= 0.6 is 38.9 Å². The van der Waals surface area contributed by atoms with Crippen LogP contribution in [-0.4, -0.2) is 21.8 Å². The van der Waals surface area contributed by atoms with Gasteiger partial charge in [-0.2, -0.15) is 0 Å². The Labute approximate surface area is 224 Å². The fourth-order valence-corrected chi connectivity index (χ4v) is 7.13. The van der Waals surface area contributed by atoms with Crippen molar-refractivity contribution in [1.82, 2.24) is 4.98 Å².